The molecule has 7 nitrogen and oxygen atoms in total. The zero-order chi connectivity index (χ0) is 17.9. The summed E-state index contributed by atoms with van der Waals surface area (Å²) in [7, 11) is 0. The molecule has 0 N–H and O–H groups in total. The van der Waals surface area contributed by atoms with E-state index in [9.17, 15) is 14.9 Å². The normalized spacial score (nSPS) is 11.4. The molecule has 0 amide bonds. The summed E-state index contributed by atoms with van der Waals surface area (Å²) in [5.74, 6) is -0.654. The topological polar surface area (TPSA) is 106 Å². The number of carbonyl (C=O) groups is 1. The Kier molecular flexibility index (Phi) is 4.90. The molecule has 24 heavy (non-hydrogen) atoms. The highest BCUT2D eigenvalue weighted by Crippen LogP contribution is 2.25. The lowest BCUT2D eigenvalue weighted by molar-refractivity contribution is -0.385. The van der Waals surface area contributed by atoms with E-state index < -0.39 is 17.0 Å². The van der Waals surface area contributed by atoms with Crippen LogP contribution in [0.15, 0.2) is 30.3 Å². The van der Waals surface area contributed by atoms with Crippen LogP contribution < -0.4 is 0 Å². The van der Waals surface area contributed by atoms with Gasteiger partial charge >= 0.3 is 5.97 Å². The Hall–Kier alpha value is -3.27. The average molecular weight is 325 g/mol. The van der Waals surface area contributed by atoms with Crippen LogP contribution in [0.25, 0.3) is 0 Å². The molecule has 2 aromatic rings. The quantitative estimate of drug-likeness (QED) is 0.484. The molecule has 0 aliphatic heterocycles. The number of nitrogens with zero attached hydrogens (tertiary/aromatic N) is 3. The lowest BCUT2D eigenvalue weighted by atomic mass is 10.1. The first kappa shape index (κ1) is 17.1. The Bertz CT molecular complexity index is 855. The first-order chi connectivity index (χ1) is 11.3. The number of ether oxygens (including phenoxy) is 1. The third kappa shape index (κ3) is 3.55. The van der Waals surface area contributed by atoms with Crippen molar-refractivity contribution in [3.8, 4) is 6.07 Å². The standard InChI is InChI=1S/C17H15N3O4/c1-10-4-5-13(8-16(10)20(22)23)12(3)24-17(21)15-7-6-14(9-18)11(2)19-15/h4-8,12H,1-3H3/t12-/m0/s1. The van der Waals surface area contributed by atoms with E-state index in [1.807, 2.05) is 6.07 Å². The molecular formula is C17H15N3O4. The predicted octanol–water partition coefficient (Wildman–Crippen LogP) is 3.40. The number of nitriles is 1. The fourth-order valence-corrected chi connectivity index (χ4v) is 2.16. The van der Waals surface area contributed by atoms with E-state index in [4.69, 9.17) is 10.00 Å². The van der Waals surface area contributed by atoms with Crippen LogP contribution in [0, 0.1) is 35.3 Å². The molecule has 0 aliphatic carbocycles. The van der Waals surface area contributed by atoms with Crippen molar-refractivity contribution in [2.75, 3.05) is 0 Å². The molecule has 0 radical (unpaired) electrons. The maximum absolute atomic E-state index is 12.2. The van der Waals surface area contributed by atoms with Gasteiger partial charge in [-0.25, -0.2) is 9.78 Å². The molecule has 0 fully saturated rings. The van der Waals surface area contributed by atoms with E-state index in [-0.39, 0.29) is 11.4 Å². The number of rotatable bonds is 4. The molecular weight excluding hydrogens is 310 g/mol. The van der Waals surface area contributed by atoms with Gasteiger partial charge < -0.3 is 4.74 Å². The van der Waals surface area contributed by atoms with Crippen LogP contribution in [0.2, 0.25) is 0 Å². The zero-order valence-corrected chi connectivity index (χ0v) is 13.4. The van der Waals surface area contributed by atoms with Gasteiger partial charge in [0, 0.05) is 11.6 Å². The van der Waals surface area contributed by atoms with Gasteiger partial charge in [0.25, 0.3) is 5.69 Å². The summed E-state index contributed by atoms with van der Waals surface area (Å²) in [6.07, 6.45) is -0.672. The number of carbonyl (C=O) groups excluding carboxylic acids is 1. The summed E-state index contributed by atoms with van der Waals surface area (Å²) in [6, 6.07) is 9.57. The molecule has 0 saturated heterocycles. The summed E-state index contributed by atoms with van der Waals surface area (Å²) < 4.78 is 5.32. The largest absolute Gasteiger partial charge is 0.453 e. The number of aromatic nitrogens is 1. The maximum atomic E-state index is 12.2. The fraction of sp³-hybridized carbons (Fsp3) is 0.235. The van der Waals surface area contributed by atoms with Crippen molar-refractivity contribution < 1.29 is 14.5 Å². The van der Waals surface area contributed by atoms with Crippen LogP contribution in [0.1, 0.15) is 45.9 Å². The monoisotopic (exact) mass is 325 g/mol. The molecule has 1 heterocycles. The third-order valence-electron chi connectivity index (χ3n) is 3.60. The highest BCUT2D eigenvalue weighted by Gasteiger charge is 2.19. The molecule has 0 bridgehead atoms. The minimum absolute atomic E-state index is 0.0252. The lowest BCUT2D eigenvalue weighted by Gasteiger charge is -2.14. The van der Waals surface area contributed by atoms with Crippen molar-refractivity contribution in [3.63, 3.8) is 0 Å². The summed E-state index contributed by atoms with van der Waals surface area (Å²) in [5, 5.41) is 19.9. The van der Waals surface area contributed by atoms with Crippen LogP contribution in [0.5, 0.6) is 0 Å². The van der Waals surface area contributed by atoms with Gasteiger partial charge in [-0.2, -0.15) is 5.26 Å². The van der Waals surface area contributed by atoms with E-state index in [1.165, 1.54) is 18.2 Å². The van der Waals surface area contributed by atoms with Crippen LogP contribution in [0.4, 0.5) is 5.69 Å². The molecule has 0 unspecified atom stereocenters. The fourth-order valence-electron chi connectivity index (χ4n) is 2.16. The second-order valence-electron chi connectivity index (χ2n) is 5.29. The minimum Gasteiger partial charge on any atom is -0.453 e. The Morgan fingerprint density at radius 1 is 1.33 bits per heavy atom. The van der Waals surface area contributed by atoms with Gasteiger partial charge in [0.2, 0.25) is 0 Å². The van der Waals surface area contributed by atoms with Crippen molar-refractivity contribution in [1.29, 1.82) is 5.26 Å². The Morgan fingerprint density at radius 3 is 2.62 bits per heavy atom. The summed E-state index contributed by atoms with van der Waals surface area (Å²) in [5.41, 5.74) is 1.93. The lowest BCUT2D eigenvalue weighted by Crippen LogP contribution is -2.12. The second-order valence-corrected chi connectivity index (χ2v) is 5.29. The van der Waals surface area contributed by atoms with E-state index in [2.05, 4.69) is 4.98 Å². The second kappa shape index (κ2) is 6.87. The van der Waals surface area contributed by atoms with Gasteiger partial charge in [-0.3, -0.25) is 10.1 Å². The SMILES string of the molecule is Cc1ccc([C@H](C)OC(=O)c2ccc(C#N)c(C)n2)cc1[N+](=O)[O-]. The number of benzene rings is 1. The molecule has 1 atom stereocenters. The summed E-state index contributed by atoms with van der Waals surface area (Å²) >= 11 is 0. The van der Waals surface area contributed by atoms with Gasteiger partial charge in [0.15, 0.2) is 0 Å². The molecule has 1 aromatic heterocycles. The van der Waals surface area contributed by atoms with Crippen LogP contribution in [0.3, 0.4) is 0 Å². The number of aryl methyl sites for hydroxylation is 2. The number of hydrogen-bond acceptors (Lipinski definition) is 6. The molecule has 0 spiro atoms. The summed E-state index contributed by atoms with van der Waals surface area (Å²) in [6.45, 7) is 4.90. The molecule has 1 aromatic carbocycles. The molecule has 2 rings (SSSR count). The highest BCUT2D eigenvalue weighted by atomic mass is 16.6. The highest BCUT2D eigenvalue weighted by molar-refractivity contribution is 5.87. The number of hydrogen-bond donors (Lipinski definition) is 0. The number of pyridine rings is 1. The van der Waals surface area contributed by atoms with E-state index in [0.29, 0.717) is 22.4 Å². The Morgan fingerprint density at radius 2 is 2.04 bits per heavy atom. The maximum Gasteiger partial charge on any atom is 0.357 e. The van der Waals surface area contributed by atoms with E-state index >= 15 is 0 Å². The van der Waals surface area contributed by atoms with Crippen molar-refractivity contribution in [3.05, 3.63) is 68.5 Å². The first-order valence-corrected chi connectivity index (χ1v) is 7.17. The summed E-state index contributed by atoms with van der Waals surface area (Å²) in [4.78, 5) is 26.7. The number of esters is 1. The minimum atomic E-state index is -0.672. The van der Waals surface area contributed by atoms with Crippen LogP contribution in [-0.2, 0) is 4.74 Å². The van der Waals surface area contributed by atoms with Crippen molar-refractivity contribution in [2.24, 2.45) is 0 Å². The van der Waals surface area contributed by atoms with Gasteiger partial charge in [-0.15, -0.1) is 0 Å². The molecule has 122 valence electrons. The van der Waals surface area contributed by atoms with Gasteiger partial charge in [0.1, 0.15) is 17.9 Å². The van der Waals surface area contributed by atoms with Crippen molar-refractivity contribution in [2.45, 2.75) is 26.9 Å². The van der Waals surface area contributed by atoms with Crippen molar-refractivity contribution in [1.82, 2.24) is 4.98 Å². The van der Waals surface area contributed by atoms with Crippen LogP contribution in [-0.4, -0.2) is 15.9 Å². The number of nitro benzene ring substituents is 1. The molecule has 7 heteroatoms. The van der Waals surface area contributed by atoms with Gasteiger partial charge in [0.05, 0.1) is 16.2 Å². The first-order valence-electron chi connectivity index (χ1n) is 7.17. The molecule has 0 aliphatic rings. The number of nitro groups is 1. The van der Waals surface area contributed by atoms with E-state index in [0.717, 1.165) is 0 Å². The average Bonchev–Trinajstić information content (AvgIpc) is 2.54. The third-order valence-corrected chi connectivity index (χ3v) is 3.60. The van der Waals surface area contributed by atoms with Crippen molar-refractivity contribution >= 4 is 11.7 Å². The molecule has 0 saturated carbocycles. The Labute approximate surface area is 138 Å². The van der Waals surface area contributed by atoms with E-state index in [1.54, 1.807) is 32.9 Å². The zero-order valence-electron chi connectivity index (χ0n) is 13.4. The van der Waals surface area contributed by atoms with Gasteiger partial charge in [-0.05, 0) is 38.5 Å². The van der Waals surface area contributed by atoms with Crippen LogP contribution >= 0.6 is 0 Å². The smallest absolute Gasteiger partial charge is 0.357 e. The Balaban J connectivity index is 2.20. The van der Waals surface area contributed by atoms with Gasteiger partial charge in [-0.1, -0.05) is 12.1 Å². The predicted molar refractivity (Wildman–Crippen MR) is 85.4 cm³/mol.